The molecule has 0 bridgehead atoms. The summed E-state index contributed by atoms with van der Waals surface area (Å²) in [6.45, 7) is 6.15. The number of piperidine rings is 1. The molecule has 0 aromatic heterocycles. The van der Waals surface area contributed by atoms with Gasteiger partial charge in [0, 0.05) is 30.7 Å². The highest BCUT2D eigenvalue weighted by Gasteiger charge is 2.37. The molecule has 1 saturated heterocycles. The van der Waals surface area contributed by atoms with Crippen LogP contribution >= 0.6 is 0 Å². The number of amides is 3. The first-order valence-electron chi connectivity index (χ1n) is 10.1. The monoisotopic (exact) mass is 395 g/mol. The van der Waals surface area contributed by atoms with E-state index < -0.39 is 5.41 Å². The first-order chi connectivity index (χ1) is 14.0. The van der Waals surface area contributed by atoms with Crippen LogP contribution in [0.5, 0.6) is 5.75 Å². The van der Waals surface area contributed by atoms with Crippen molar-refractivity contribution in [3.63, 3.8) is 0 Å². The fraction of sp³-hybridized carbons (Fsp3) is 0.391. The van der Waals surface area contributed by atoms with Crippen LogP contribution in [0.25, 0.3) is 0 Å². The number of benzene rings is 2. The Morgan fingerprint density at radius 1 is 1.03 bits per heavy atom. The number of urea groups is 1. The molecule has 3 rings (SSSR count). The van der Waals surface area contributed by atoms with E-state index in [1.807, 2.05) is 68.4 Å². The summed E-state index contributed by atoms with van der Waals surface area (Å²) in [6.07, 6.45) is 1.29. The maximum Gasteiger partial charge on any atom is 0.321 e. The maximum absolute atomic E-state index is 12.7. The lowest BCUT2D eigenvalue weighted by atomic mass is 9.79. The number of nitrogens with zero attached hydrogens (tertiary/aromatic N) is 1. The van der Waals surface area contributed by atoms with Gasteiger partial charge in [-0.1, -0.05) is 37.3 Å². The minimum Gasteiger partial charge on any atom is -0.494 e. The molecule has 0 unspecified atom stereocenters. The first-order valence-corrected chi connectivity index (χ1v) is 10.1. The second kappa shape index (κ2) is 9.45. The smallest absolute Gasteiger partial charge is 0.321 e. The molecule has 0 radical (unpaired) electrons. The lowest BCUT2D eigenvalue weighted by Crippen LogP contribution is -2.49. The van der Waals surface area contributed by atoms with Gasteiger partial charge >= 0.3 is 6.03 Å². The molecule has 6 heteroatoms. The van der Waals surface area contributed by atoms with Gasteiger partial charge in [0.2, 0.25) is 5.91 Å². The Kier molecular flexibility index (Phi) is 6.75. The maximum atomic E-state index is 12.7. The summed E-state index contributed by atoms with van der Waals surface area (Å²) in [5.41, 5.74) is 1.36. The molecule has 154 valence electrons. The Hall–Kier alpha value is -3.02. The fourth-order valence-corrected chi connectivity index (χ4v) is 3.43. The molecular weight excluding hydrogens is 366 g/mol. The van der Waals surface area contributed by atoms with Gasteiger partial charge in [-0.15, -0.1) is 0 Å². The summed E-state index contributed by atoms with van der Waals surface area (Å²) in [7, 11) is 0. The van der Waals surface area contributed by atoms with Crippen molar-refractivity contribution in [3.8, 4) is 5.75 Å². The van der Waals surface area contributed by atoms with Crippen molar-refractivity contribution in [1.82, 2.24) is 10.2 Å². The van der Waals surface area contributed by atoms with Crippen molar-refractivity contribution < 1.29 is 14.3 Å². The molecule has 0 atom stereocenters. The van der Waals surface area contributed by atoms with Crippen LogP contribution in [0.2, 0.25) is 0 Å². The van der Waals surface area contributed by atoms with E-state index in [1.165, 1.54) is 0 Å². The average molecular weight is 396 g/mol. The van der Waals surface area contributed by atoms with Crippen LogP contribution in [0.4, 0.5) is 10.5 Å². The predicted octanol–water partition coefficient (Wildman–Crippen LogP) is 4.04. The van der Waals surface area contributed by atoms with Gasteiger partial charge in [-0.2, -0.15) is 0 Å². The highest BCUT2D eigenvalue weighted by molar-refractivity contribution is 5.90. The van der Waals surface area contributed by atoms with Crippen molar-refractivity contribution in [2.75, 3.05) is 25.0 Å². The van der Waals surface area contributed by atoms with Crippen molar-refractivity contribution in [1.29, 1.82) is 0 Å². The molecule has 1 fully saturated rings. The van der Waals surface area contributed by atoms with Gasteiger partial charge in [-0.25, -0.2) is 4.79 Å². The van der Waals surface area contributed by atoms with E-state index in [0.717, 1.165) is 17.0 Å². The van der Waals surface area contributed by atoms with Crippen LogP contribution in [-0.2, 0) is 11.3 Å². The summed E-state index contributed by atoms with van der Waals surface area (Å²) in [5.74, 6) is 0.827. The Labute approximate surface area is 172 Å². The summed E-state index contributed by atoms with van der Waals surface area (Å²) >= 11 is 0. The number of carbonyl (C=O) groups excluding carboxylic acids is 2. The Morgan fingerprint density at radius 2 is 1.69 bits per heavy atom. The first kappa shape index (κ1) is 20.7. The van der Waals surface area contributed by atoms with Crippen molar-refractivity contribution in [3.05, 3.63) is 60.2 Å². The zero-order valence-corrected chi connectivity index (χ0v) is 17.1. The predicted molar refractivity (Wildman–Crippen MR) is 114 cm³/mol. The molecule has 29 heavy (non-hydrogen) atoms. The third-order valence-corrected chi connectivity index (χ3v) is 5.41. The number of hydrogen-bond acceptors (Lipinski definition) is 3. The topological polar surface area (TPSA) is 70.7 Å². The number of nitrogens with one attached hydrogen (secondary N) is 2. The van der Waals surface area contributed by atoms with Gasteiger partial charge in [0.05, 0.1) is 6.61 Å². The van der Waals surface area contributed by atoms with Gasteiger partial charge in [-0.05, 0) is 49.6 Å². The molecule has 2 N–H and O–H groups in total. The van der Waals surface area contributed by atoms with Crippen molar-refractivity contribution in [2.24, 2.45) is 5.41 Å². The number of ether oxygens (including phenoxy) is 1. The minimum absolute atomic E-state index is 0.0490. The second-order valence-corrected chi connectivity index (χ2v) is 7.60. The van der Waals surface area contributed by atoms with E-state index in [9.17, 15) is 9.59 Å². The van der Waals surface area contributed by atoms with E-state index in [4.69, 9.17) is 4.74 Å². The number of hydrogen-bond donors (Lipinski definition) is 2. The number of likely N-dealkylation sites (tertiary alicyclic amines) is 1. The van der Waals surface area contributed by atoms with Gasteiger partial charge in [0.1, 0.15) is 5.75 Å². The molecule has 1 aliphatic rings. The van der Waals surface area contributed by atoms with Gasteiger partial charge in [0.15, 0.2) is 0 Å². The second-order valence-electron chi connectivity index (χ2n) is 7.60. The SMILES string of the molecule is CCOc1ccc(NC(=O)N2CCC(C)(C(=O)NCc3ccccc3)CC2)cc1. The van der Waals surface area contributed by atoms with E-state index in [0.29, 0.717) is 39.1 Å². The zero-order chi connectivity index (χ0) is 20.7. The van der Waals surface area contributed by atoms with Crippen LogP contribution in [-0.4, -0.2) is 36.5 Å². The highest BCUT2D eigenvalue weighted by Crippen LogP contribution is 2.31. The molecule has 0 spiro atoms. The third-order valence-electron chi connectivity index (χ3n) is 5.41. The molecule has 1 heterocycles. The van der Waals surface area contributed by atoms with Crippen molar-refractivity contribution in [2.45, 2.75) is 33.2 Å². The molecule has 1 aliphatic heterocycles. The standard InChI is InChI=1S/C23H29N3O3/c1-3-29-20-11-9-19(10-12-20)25-22(28)26-15-13-23(2,14-16-26)21(27)24-17-18-7-5-4-6-8-18/h4-12H,3,13-17H2,1-2H3,(H,24,27)(H,25,28). The molecule has 6 nitrogen and oxygen atoms in total. The third kappa shape index (κ3) is 5.50. The number of rotatable bonds is 6. The van der Waals surface area contributed by atoms with Crippen LogP contribution in [0.3, 0.4) is 0 Å². The molecule has 2 aromatic rings. The fourth-order valence-electron chi connectivity index (χ4n) is 3.43. The molecule has 0 aliphatic carbocycles. The quantitative estimate of drug-likeness (QED) is 0.776. The zero-order valence-electron chi connectivity index (χ0n) is 17.1. The summed E-state index contributed by atoms with van der Waals surface area (Å²) < 4.78 is 5.41. The lowest BCUT2D eigenvalue weighted by Gasteiger charge is -2.38. The summed E-state index contributed by atoms with van der Waals surface area (Å²) in [5, 5.41) is 5.95. The largest absolute Gasteiger partial charge is 0.494 e. The van der Waals surface area contributed by atoms with E-state index in [-0.39, 0.29) is 11.9 Å². The molecular formula is C23H29N3O3. The van der Waals surface area contributed by atoms with Crippen LogP contribution in [0, 0.1) is 5.41 Å². The molecule has 3 amide bonds. The molecule has 2 aromatic carbocycles. The van der Waals surface area contributed by atoms with Crippen molar-refractivity contribution >= 4 is 17.6 Å². The van der Waals surface area contributed by atoms with Crippen LogP contribution in [0.15, 0.2) is 54.6 Å². The van der Waals surface area contributed by atoms with Gasteiger partial charge in [-0.3, -0.25) is 4.79 Å². The van der Waals surface area contributed by atoms with E-state index >= 15 is 0 Å². The van der Waals surface area contributed by atoms with Gasteiger partial charge < -0.3 is 20.3 Å². The number of carbonyl (C=O) groups is 2. The Bertz CT molecular complexity index is 813. The Morgan fingerprint density at radius 3 is 2.31 bits per heavy atom. The lowest BCUT2D eigenvalue weighted by molar-refractivity contribution is -0.132. The minimum atomic E-state index is -0.454. The summed E-state index contributed by atoms with van der Waals surface area (Å²) in [6, 6.07) is 17.1. The number of anilines is 1. The summed E-state index contributed by atoms with van der Waals surface area (Å²) in [4.78, 5) is 27.0. The van der Waals surface area contributed by atoms with Gasteiger partial charge in [0.25, 0.3) is 0 Å². The highest BCUT2D eigenvalue weighted by atomic mass is 16.5. The van der Waals surface area contributed by atoms with Crippen LogP contribution < -0.4 is 15.4 Å². The van der Waals surface area contributed by atoms with E-state index in [1.54, 1.807) is 4.90 Å². The van der Waals surface area contributed by atoms with Crippen LogP contribution in [0.1, 0.15) is 32.3 Å². The normalized spacial score (nSPS) is 15.4. The Balaban J connectivity index is 1.48. The average Bonchev–Trinajstić information content (AvgIpc) is 2.75. The molecule has 0 saturated carbocycles. The van der Waals surface area contributed by atoms with E-state index in [2.05, 4.69) is 10.6 Å².